The van der Waals surface area contributed by atoms with E-state index < -0.39 is 12.2 Å². The number of aliphatic hydroxyl groups is 1. The molecule has 1 atom stereocenters. The number of hydrogen-bond donors (Lipinski definition) is 2. The highest BCUT2D eigenvalue weighted by molar-refractivity contribution is 5.79. The predicted octanol–water partition coefficient (Wildman–Crippen LogP) is 3.97. The van der Waals surface area contributed by atoms with Crippen LogP contribution in [0.4, 0.5) is 4.79 Å². The highest BCUT2D eigenvalue weighted by Gasteiger charge is 2.29. The molecule has 5 nitrogen and oxygen atoms in total. The fraction of sp³-hybridized carbons (Fsp3) is 0.208. The van der Waals surface area contributed by atoms with Crippen LogP contribution in [0.1, 0.15) is 17.0 Å². The number of carbonyl (C=O) groups excluding carboxylic acids is 1. The lowest BCUT2D eigenvalue weighted by Crippen LogP contribution is -2.36. The van der Waals surface area contributed by atoms with Crippen LogP contribution in [-0.2, 0) is 4.74 Å². The number of hydrogen-bond acceptors (Lipinski definition) is 4. The van der Waals surface area contributed by atoms with Gasteiger partial charge in [0.1, 0.15) is 25.1 Å². The lowest BCUT2D eigenvalue weighted by molar-refractivity contribution is 0.0974. The molecule has 4 rings (SSSR count). The van der Waals surface area contributed by atoms with Gasteiger partial charge in [-0.3, -0.25) is 0 Å². The Labute approximate surface area is 169 Å². The average molecular weight is 389 g/mol. The molecule has 0 aromatic heterocycles. The van der Waals surface area contributed by atoms with Gasteiger partial charge in [-0.1, -0.05) is 66.7 Å². The Balaban J connectivity index is 1.28. The molecule has 0 fully saturated rings. The molecule has 0 unspecified atom stereocenters. The van der Waals surface area contributed by atoms with Crippen LogP contribution >= 0.6 is 0 Å². The summed E-state index contributed by atoms with van der Waals surface area (Å²) >= 11 is 0. The number of benzene rings is 3. The molecular weight excluding hydrogens is 366 g/mol. The molecule has 0 saturated heterocycles. The minimum atomic E-state index is -0.823. The summed E-state index contributed by atoms with van der Waals surface area (Å²) in [5.74, 6) is 0.687. The van der Waals surface area contributed by atoms with Gasteiger partial charge in [-0.05, 0) is 34.4 Å². The molecule has 0 radical (unpaired) electrons. The van der Waals surface area contributed by atoms with E-state index >= 15 is 0 Å². The Hall–Kier alpha value is -3.31. The third-order valence-corrected chi connectivity index (χ3v) is 5.01. The van der Waals surface area contributed by atoms with Crippen LogP contribution in [0, 0.1) is 0 Å². The summed E-state index contributed by atoms with van der Waals surface area (Å²) in [7, 11) is 0. The van der Waals surface area contributed by atoms with Gasteiger partial charge in [-0.15, -0.1) is 0 Å². The number of amides is 1. The number of carbonyl (C=O) groups is 1. The summed E-state index contributed by atoms with van der Waals surface area (Å²) in [4.78, 5) is 12.1. The van der Waals surface area contributed by atoms with E-state index in [1.54, 1.807) is 0 Å². The Morgan fingerprint density at radius 1 is 0.897 bits per heavy atom. The molecule has 0 aliphatic heterocycles. The van der Waals surface area contributed by atoms with E-state index in [2.05, 4.69) is 29.6 Å². The van der Waals surface area contributed by atoms with E-state index in [9.17, 15) is 9.90 Å². The van der Waals surface area contributed by atoms with Crippen molar-refractivity contribution in [2.75, 3.05) is 19.8 Å². The van der Waals surface area contributed by atoms with Gasteiger partial charge in [0.15, 0.2) is 0 Å². The molecular formula is C24H23NO4. The van der Waals surface area contributed by atoms with Crippen LogP contribution in [-0.4, -0.2) is 37.1 Å². The van der Waals surface area contributed by atoms with Crippen molar-refractivity contribution in [2.24, 2.45) is 0 Å². The Kier molecular flexibility index (Phi) is 5.77. The number of fused-ring (bicyclic) bond motifs is 3. The highest BCUT2D eigenvalue weighted by atomic mass is 16.5. The summed E-state index contributed by atoms with van der Waals surface area (Å²) in [6.07, 6.45) is -1.37. The molecule has 0 spiro atoms. The zero-order valence-electron chi connectivity index (χ0n) is 16.0. The molecule has 2 N–H and O–H groups in total. The molecule has 0 bridgehead atoms. The van der Waals surface area contributed by atoms with Gasteiger partial charge < -0.3 is 19.9 Å². The smallest absolute Gasteiger partial charge is 0.407 e. The second-order valence-corrected chi connectivity index (χ2v) is 6.98. The van der Waals surface area contributed by atoms with E-state index in [-0.39, 0.29) is 25.7 Å². The summed E-state index contributed by atoms with van der Waals surface area (Å²) in [6.45, 7) is 0.396. The molecule has 148 valence electrons. The molecule has 1 amide bonds. The van der Waals surface area contributed by atoms with E-state index in [0.717, 1.165) is 11.1 Å². The third-order valence-electron chi connectivity index (χ3n) is 5.01. The van der Waals surface area contributed by atoms with Crippen LogP contribution in [0.5, 0.6) is 5.75 Å². The van der Waals surface area contributed by atoms with Crippen LogP contribution in [0.25, 0.3) is 11.1 Å². The van der Waals surface area contributed by atoms with Gasteiger partial charge in [0.05, 0.1) is 6.54 Å². The summed E-state index contributed by atoms with van der Waals surface area (Å²) in [5.41, 5.74) is 4.70. The number of para-hydroxylation sites is 1. The van der Waals surface area contributed by atoms with Gasteiger partial charge in [-0.2, -0.15) is 0 Å². The Morgan fingerprint density at radius 3 is 2.14 bits per heavy atom. The first kappa shape index (κ1) is 19.0. The van der Waals surface area contributed by atoms with Crippen molar-refractivity contribution in [3.63, 3.8) is 0 Å². The van der Waals surface area contributed by atoms with E-state index in [1.165, 1.54) is 11.1 Å². The topological polar surface area (TPSA) is 67.8 Å². The molecule has 3 aromatic carbocycles. The van der Waals surface area contributed by atoms with E-state index in [0.29, 0.717) is 5.75 Å². The van der Waals surface area contributed by atoms with Crippen LogP contribution in [0.3, 0.4) is 0 Å². The van der Waals surface area contributed by atoms with Crippen molar-refractivity contribution in [3.05, 3.63) is 90.0 Å². The van der Waals surface area contributed by atoms with Crippen LogP contribution in [0.2, 0.25) is 0 Å². The van der Waals surface area contributed by atoms with Crippen molar-refractivity contribution in [2.45, 2.75) is 12.0 Å². The molecule has 1 aliphatic carbocycles. The van der Waals surface area contributed by atoms with Crippen molar-refractivity contribution < 1.29 is 19.4 Å². The van der Waals surface area contributed by atoms with Crippen molar-refractivity contribution in [1.82, 2.24) is 5.32 Å². The first-order chi connectivity index (χ1) is 14.2. The third kappa shape index (κ3) is 4.41. The van der Waals surface area contributed by atoms with Gasteiger partial charge in [0.2, 0.25) is 0 Å². The first-order valence-corrected chi connectivity index (χ1v) is 9.67. The monoisotopic (exact) mass is 389 g/mol. The summed E-state index contributed by atoms with van der Waals surface area (Å²) < 4.78 is 10.9. The number of alkyl carbamates (subject to hydrolysis) is 1. The van der Waals surface area contributed by atoms with Crippen LogP contribution < -0.4 is 10.1 Å². The maximum atomic E-state index is 12.1. The number of aliphatic hydroxyl groups excluding tert-OH is 1. The second-order valence-electron chi connectivity index (χ2n) is 6.98. The zero-order valence-corrected chi connectivity index (χ0v) is 16.0. The minimum absolute atomic E-state index is 0.0134. The molecule has 0 heterocycles. The standard InChI is InChI=1S/C24H23NO4/c26-17(15-28-18-8-2-1-3-9-18)14-25-24(27)29-16-23-21-12-6-4-10-19(21)20-11-5-7-13-22(20)23/h1-13,17,23,26H,14-16H2,(H,25,27)/t17-/m0/s1. The SMILES string of the molecule is O=C(NC[C@H](O)COc1ccccc1)OCC1c2ccccc2-c2ccccc21. The molecule has 0 saturated carbocycles. The van der Waals surface area contributed by atoms with Crippen LogP contribution in [0.15, 0.2) is 78.9 Å². The second kappa shape index (κ2) is 8.80. The number of ether oxygens (including phenoxy) is 2. The first-order valence-electron chi connectivity index (χ1n) is 9.67. The van der Waals surface area contributed by atoms with Crippen molar-refractivity contribution in [3.8, 4) is 16.9 Å². The van der Waals surface area contributed by atoms with Crippen molar-refractivity contribution >= 4 is 6.09 Å². The molecule has 5 heteroatoms. The fourth-order valence-electron chi connectivity index (χ4n) is 3.62. The molecule has 29 heavy (non-hydrogen) atoms. The molecule has 3 aromatic rings. The largest absolute Gasteiger partial charge is 0.491 e. The fourth-order valence-corrected chi connectivity index (χ4v) is 3.62. The maximum Gasteiger partial charge on any atom is 0.407 e. The molecule has 1 aliphatic rings. The van der Waals surface area contributed by atoms with Gasteiger partial charge >= 0.3 is 6.09 Å². The normalized spacial score (nSPS) is 13.3. The van der Waals surface area contributed by atoms with E-state index in [4.69, 9.17) is 9.47 Å². The quantitative estimate of drug-likeness (QED) is 0.642. The Bertz CT molecular complexity index is 928. The highest BCUT2D eigenvalue weighted by Crippen LogP contribution is 2.44. The lowest BCUT2D eigenvalue weighted by atomic mass is 9.98. The van der Waals surface area contributed by atoms with Gasteiger partial charge in [-0.25, -0.2) is 4.79 Å². The lowest BCUT2D eigenvalue weighted by Gasteiger charge is -2.16. The number of nitrogens with one attached hydrogen (secondary N) is 1. The van der Waals surface area contributed by atoms with E-state index in [1.807, 2.05) is 54.6 Å². The zero-order chi connectivity index (χ0) is 20.1. The number of rotatable bonds is 7. The van der Waals surface area contributed by atoms with Crippen molar-refractivity contribution in [1.29, 1.82) is 0 Å². The Morgan fingerprint density at radius 2 is 1.48 bits per heavy atom. The van der Waals surface area contributed by atoms with Gasteiger partial charge in [0.25, 0.3) is 0 Å². The average Bonchev–Trinajstić information content (AvgIpc) is 3.09. The minimum Gasteiger partial charge on any atom is -0.491 e. The summed E-state index contributed by atoms with van der Waals surface area (Å²) in [6, 6.07) is 25.6. The van der Waals surface area contributed by atoms with Gasteiger partial charge in [0, 0.05) is 5.92 Å². The maximum absolute atomic E-state index is 12.1. The predicted molar refractivity (Wildman–Crippen MR) is 111 cm³/mol. The summed E-state index contributed by atoms with van der Waals surface area (Å²) in [5, 5.41) is 12.6.